The zero-order valence-electron chi connectivity index (χ0n) is 28.6. The molecule has 0 radical (unpaired) electrons. The zero-order valence-corrected chi connectivity index (χ0v) is 30.3. The number of carbonyl (C=O) groups is 2. The second kappa shape index (κ2) is 12.5. The summed E-state index contributed by atoms with van der Waals surface area (Å²) in [6, 6.07) is 5.13. The molecule has 49 heavy (non-hydrogen) atoms. The maximum absolute atomic E-state index is 17.0. The monoisotopic (exact) mass is 707 g/mol. The molecule has 2 atom stereocenters. The van der Waals surface area contributed by atoms with Crippen LogP contribution in [0.15, 0.2) is 17.3 Å². The molecule has 2 fully saturated rings. The van der Waals surface area contributed by atoms with Gasteiger partial charge in [0.25, 0.3) is 0 Å². The second-order valence-corrected chi connectivity index (χ2v) is 15.9. The molecule has 4 aromatic rings. The molecule has 5 heterocycles. The Kier molecular flexibility index (Phi) is 8.77. The van der Waals surface area contributed by atoms with Gasteiger partial charge in [0.15, 0.2) is 11.0 Å². The van der Waals surface area contributed by atoms with E-state index in [2.05, 4.69) is 16.0 Å². The van der Waals surface area contributed by atoms with Gasteiger partial charge in [0, 0.05) is 34.4 Å². The van der Waals surface area contributed by atoms with Crippen molar-refractivity contribution in [3.05, 3.63) is 28.4 Å². The molecule has 2 bridgehead atoms. The third-order valence-corrected chi connectivity index (χ3v) is 9.98. The van der Waals surface area contributed by atoms with E-state index in [4.69, 9.17) is 24.9 Å². The van der Waals surface area contributed by atoms with Gasteiger partial charge in [-0.1, -0.05) is 11.8 Å². The van der Waals surface area contributed by atoms with E-state index in [1.165, 1.54) is 18.9 Å². The van der Waals surface area contributed by atoms with Crippen molar-refractivity contribution in [2.75, 3.05) is 37.1 Å². The number of rotatable bonds is 5. The molecule has 0 spiro atoms. The van der Waals surface area contributed by atoms with Gasteiger partial charge in [0.1, 0.15) is 44.6 Å². The lowest BCUT2D eigenvalue weighted by atomic mass is 9.99. The van der Waals surface area contributed by atoms with Gasteiger partial charge < -0.3 is 24.8 Å². The van der Waals surface area contributed by atoms with Crippen LogP contribution in [-0.4, -0.2) is 81.7 Å². The van der Waals surface area contributed by atoms with Crippen molar-refractivity contribution < 1.29 is 28.2 Å². The first-order valence-electron chi connectivity index (χ1n) is 15.8. The summed E-state index contributed by atoms with van der Waals surface area (Å²) in [6.45, 7) is 11.6. The Balaban J connectivity index is 1.51. The molecule has 2 aliphatic rings. The molecule has 15 heteroatoms. The van der Waals surface area contributed by atoms with E-state index < -0.39 is 23.0 Å². The van der Waals surface area contributed by atoms with Crippen LogP contribution < -0.4 is 15.4 Å². The number of halogens is 1. The Bertz CT molecular complexity index is 2040. The van der Waals surface area contributed by atoms with E-state index in [1.807, 2.05) is 30.6 Å². The number of thiophene rings is 1. The number of benzene rings is 1. The highest BCUT2D eigenvalue weighted by Crippen LogP contribution is 2.46. The quantitative estimate of drug-likeness (QED) is 0.101. The molecule has 0 unspecified atom stereocenters. The number of pyridine rings is 1. The number of esters is 1. The number of hydrogen-bond acceptors (Lipinski definition) is 13. The minimum Gasteiger partial charge on any atom is -0.480 e. The average Bonchev–Trinajstić information content (AvgIpc) is 3.53. The molecule has 2 aliphatic heterocycles. The lowest BCUT2D eigenvalue weighted by Crippen LogP contribution is -2.57. The maximum atomic E-state index is 17.0. The van der Waals surface area contributed by atoms with Crippen molar-refractivity contribution in [3.8, 4) is 23.2 Å². The Morgan fingerprint density at radius 2 is 1.69 bits per heavy atom. The van der Waals surface area contributed by atoms with Gasteiger partial charge in [0.05, 0.1) is 24.8 Å². The summed E-state index contributed by atoms with van der Waals surface area (Å²) in [5.41, 5.74) is 5.18. The van der Waals surface area contributed by atoms with Crippen LogP contribution in [0.5, 0.6) is 5.88 Å². The van der Waals surface area contributed by atoms with Crippen molar-refractivity contribution in [1.82, 2.24) is 19.9 Å². The highest BCUT2D eigenvalue weighted by Gasteiger charge is 2.45. The zero-order chi connectivity index (χ0) is 35.6. The molecule has 1 amide bonds. The molecular formula is C34H38FN7O5S2. The number of hydrogen-bond donors (Lipinski definition) is 1. The Morgan fingerprint density at radius 1 is 1.04 bits per heavy atom. The topological polar surface area (TPSA) is 157 Å². The number of nitrogens with two attached hydrogens (primary N) is 1. The number of amides is 1. The molecule has 0 saturated carbocycles. The number of thioether (sulfide) groups is 1. The molecule has 6 rings (SSSR count). The third-order valence-electron chi connectivity index (χ3n) is 8.30. The first kappa shape index (κ1) is 34.4. The molecular weight excluding hydrogens is 670 g/mol. The molecule has 2 saturated heterocycles. The lowest BCUT2D eigenvalue weighted by Gasteiger charge is -2.42. The number of carbonyl (C=O) groups excluding carboxylic acids is 2. The van der Waals surface area contributed by atoms with Crippen molar-refractivity contribution in [1.29, 1.82) is 5.26 Å². The van der Waals surface area contributed by atoms with Crippen LogP contribution in [0.1, 0.15) is 69.6 Å². The highest BCUT2D eigenvalue weighted by molar-refractivity contribution is 7.98. The van der Waals surface area contributed by atoms with Crippen LogP contribution in [0.4, 0.5) is 20.7 Å². The smallest absolute Gasteiger partial charge is 0.410 e. The van der Waals surface area contributed by atoms with Gasteiger partial charge in [-0.05, 0) is 72.8 Å². The number of piperazine rings is 1. The molecule has 12 nitrogen and oxygen atoms in total. The third kappa shape index (κ3) is 6.27. The Labute approximate surface area is 291 Å². The minimum absolute atomic E-state index is 0.0170. The Morgan fingerprint density at radius 3 is 2.27 bits per heavy atom. The van der Waals surface area contributed by atoms with Gasteiger partial charge >= 0.3 is 12.1 Å². The molecule has 0 aliphatic carbocycles. The number of ether oxygens (including phenoxy) is 3. The van der Waals surface area contributed by atoms with Gasteiger partial charge in [-0.25, -0.2) is 28.9 Å². The summed E-state index contributed by atoms with van der Waals surface area (Å²) in [5, 5.41) is 11.2. The van der Waals surface area contributed by atoms with Crippen LogP contribution in [0.3, 0.4) is 0 Å². The predicted molar refractivity (Wildman–Crippen MR) is 188 cm³/mol. The molecule has 258 valence electrons. The number of nitriles is 1. The SMILES string of the molecule is COc1nc(-c2c(N)ccc3sc(C(=O)OC(C)(C)C)c(C#N)c23)c(F)c2nc(SC)nc(N3C[C@H]4CC[C@@H](C3)N4C(=O)OC(C)(C)C)c12. The van der Waals surface area contributed by atoms with Gasteiger partial charge in [0.2, 0.25) is 5.88 Å². The first-order valence-corrected chi connectivity index (χ1v) is 17.8. The fraction of sp³-hybridized carbons (Fsp3) is 0.471. The minimum atomic E-state index is -0.796. The summed E-state index contributed by atoms with van der Waals surface area (Å²) in [6.07, 6.45) is 3.04. The summed E-state index contributed by atoms with van der Waals surface area (Å²) in [7, 11) is 1.43. The van der Waals surface area contributed by atoms with Crippen LogP contribution in [0.2, 0.25) is 0 Å². The van der Waals surface area contributed by atoms with E-state index >= 15 is 4.39 Å². The lowest BCUT2D eigenvalue weighted by molar-refractivity contribution is 0.00721. The normalized spacial score (nSPS) is 17.8. The van der Waals surface area contributed by atoms with E-state index in [0.717, 1.165) is 24.2 Å². The molecule has 3 aromatic heterocycles. The first-order chi connectivity index (χ1) is 23.0. The van der Waals surface area contributed by atoms with E-state index in [-0.39, 0.29) is 67.7 Å². The predicted octanol–water partition coefficient (Wildman–Crippen LogP) is 6.77. The van der Waals surface area contributed by atoms with Gasteiger partial charge in [-0.2, -0.15) is 5.26 Å². The van der Waals surface area contributed by atoms with Crippen molar-refractivity contribution in [3.63, 3.8) is 0 Å². The van der Waals surface area contributed by atoms with E-state index in [9.17, 15) is 14.9 Å². The molecule has 1 aromatic carbocycles. The number of nitrogens with zero attached hydrogens (tertiary/aromatic N) is 6. The number of anilines is 2. The largest absolute Gasteiger partial charge is 0.480 e. The number of nitrogen functional groups attached to an aromatic ring is 1. The fourth-order valence-electron chi connectivity index (χ4n) is 6.46. The average molecular weight is 708 g/mol. The maximum Gasteiger partial charge on any atom is 0.410 e. The fourth-order valence-corrected chi connectivity index (χ4v) is 7.86. The second-order valence-electron chi connectivity index (χ2n) is 14.0. The van der Waals surface area contributed by atoms with Crippen molar-refractivity contribution >= 4 is 67.7 Å². The molecule has 2 N–H and O–H groups in total. The van der Waals surface area contributed by atoms with E-state index in [1.54, 1.807) is 39.2 Å². The highest BCUT2D eigenvalue weighted by atomic mass is 32.2. The summed E-state index contributed by atoms with van der Waals surface area (Å²) < 4.78 is 34.6. The Hall–Kier alpha value is -4.42. The van der Waals surface area contributed by atoms with Crippen molar-refractivity contribution in [2.45, 2.75) is 82.8 Å². The van der Waals surface area contributed by atoms with E-state index in [0.29, 0.717) is 28.8 Å². The standard InChI is InChI=1S/C34H38FN7O5S2/c1-33(2,3)46-30(43)27-18(13-36)21-20(49-27)12-11-19(37)22(21)25-24(35)26-23(29(38-25)45-7)28(40-31(39-26)48-8)41-14-16-9-10-17(15-41)42(16)32(44)47-34(4,5)6/h11-12,16-17H,9-10,14-15,37H2,1-8H3/t16-,17+. The van der Waals surface area contributed by atoms with Crippen LogP contribution in [0, 0.1) is 17.1 Å². The number of fused-ring (bicyclic) bond motifs is 4. The number of aromatic nitrogens is 3. The van der Waals surface area contributed by atoms with Crippen LogP contribution in [0.25, 0.3) is 32.2 Å². The summed E-state index contributed by atoms with van der Waals surface area (Å²) in [4.78, 5) is 44.2. The van der Waals surface area contributed by atoms with Crippen molar-refractivity contribution in [2.24, 2.45) is 0 Å². The summed E-state index contributed by atoms with van der Waals surface area (Å²) >= 11 is 2.32. The van der Waals surface area contributed by atoms with Crippen LogP contribution >= 0.6 is 23.1 Å². The van der Waals surface area contributed by atoms with Crippen LogP contribution in [-0.2, 0) is 9.47 Å². The van der Waals surface area contributed by atoms with Gasteiger partial charge in [-0.3, -0.25) is 4.90 Å². The number of methoxy groups -OCH3 is 1. The summed E-state index contributed by atoms with van der Waals surface area (Å²) in [5.74, 6) is -0.940. The van der Waals surface area contributed by atoms with Gasteiger partial charge in [-0.15, -0.1) is 11.3 Å².